The fourth-order valence-electron chi connectivity index (χ4n) is 2.11. The Labute approximate surface area is 123 Å². The Morgan fingerprint density at radius 3 is 2.76 bits per heavy atom. The summed E-state index contributed by atoms with van der Waals surface area (Å²) in [5, 5.41) is 11.0. The average Bonchev–Trinajstić information content (AvgIpc) is 3.02. The van der Waals surface area contributed by atoms with Crippen LogP contribution in [0.1, 0.15) is 60.5 Å². The molecule has 0 saturated carbocycles. The summed E-state index contributed by atoms with van der Waals surface area (Å²) in [4.78, 5) is 16.6. The van der Waals surface area contributed by atoms with Crippen molar-refractivity contribution in [2.45, 2.75) is 53.1 Å². The molecule has 0 aliphatic carbocycles. The van der Waals surface area contributed by atoms with E-state index in [-0.39, 0.29) is 11.9 Å². The number of amides is 1. The van der Waals surface area contributed by atoms with Crippen LogP contribution in [0.4, 0.5) is 0 Å². The van der Waals surface area contributed by atoms with Crippen LogP contribution >= 0.6 is 0 Å². The van der Waals surface area contributed by atoms with E-state index in [2.05, 4.69) is 27.5 Å². The van der Waals surface area contributed by atoms with Crippen molar-refractivity contribution < 1.29 is 9.32 Å². The summed E-state index contributed by atoms with van der Waals surface area (Å²) in [6.07, 6.45) is 3.43. The summed E-state index contributed by atoms with van der Waals surface area (Å²) >= 11 is 0. The molecule has 0 fully saturated rings. The van der Waals surface area contributed by atoms with E-state index < -0.39 is 0 Å². The minimum atomic E-state index is -0.285. The van der Waals surface area contributed by atoms with E-state index in [4.69, 9.17) is 4.52 Å². The van der Waals surface area contributed by atoms with Crippen LogP contribution in [0.25, 0.3) is 0 Å². The molecule has 7 nitrogen and oxygen atoms in total. The number of aryl methyl sites for hydroxylation is 3. The maximum absolute atomic E-state index is 12.4. The molecule has 1 atom stereocenters. The molecule has 21 heavy (non-hydrogen) atoms. The van der Waals surface area contributed by atoms with Crippen molar-refractivity contribution in [1.82, 2.24) is 25.2 Å². The first kappa shape index (κ1) is 15.2. The fourth-order valence-corrected chi connectivity index (χ4v) is 2.11. The maximum Gasteiger partial charge on any atom is 0.255 e. The number of rotatable bonds is 6. The minimum absolute atomic E-state index is 0.169. The highest BCUT2D eigenvalue weighted by atomic mass is 16.5. The van der Waals surface area contributed by atoms with Crippen molar-refractivity contribution in [3.63, 3.8) is 0 Å². The molecular formula is C14H21N5O2. The van der Waals surface area contributed by atoms with Gasteiger partial charge in [0.1, 0.15) is 6.04 Å². The van der Waals surface area contributed by atoms with Crippen molar-refractivity contribution in [2.75, 3.05) is 0 Å². The molecule has 1 N–H and O–H groups in total. The third kappa shape index (κ3) is 3.48. The molecule has 0 spiro atoms. The van der Waals surface area contributed by atoms with E-state index in [1.54, 1.807) is 17.8 Å². The van der Waals surface area contributed by atoms with Crippen LogP contribution in [0.5, 0.6) is 0 Å². The van der Waals surface area contributed by atoms with E-state index in [0.29, 0.717) is 23.7 Å². The van der Waals surface area contributed by atoms with E-state index >= 15 is 0 Å². The van der Waals surface area contributed by atoms with Crippen molar-refractivity contribution in [1.29, 1.82) is 0 Å². The topological polar surface area (TPSA) is 85.8 Å². The Kier molecular flexibility index (Phi) is 4.72. The Morgan fingerprint density at radius 1 is 1.43 bits per heavy atom. The van der Waals surface area contributed by atoms with Crippen LogP contribution in [0.15, 0.2) is 10.7 Å². The van der Waals surface area contributed by atoms with Crippen molar-refractivity contribution in [2.24, 2.45) is 0 Å². The number of hydrogen-bond acceptors (Lipinski definition) is 5. The lowest BCUT2D eigenvalue weighted by atomic mass is 10.2. The van der Waals surface area contributed by atoms with Gasteiger partial charge in [-0.2, -0.15) is 10.1 Å². The van der Waals surface area contributed by atoms with Gasteiger partial charge in [0.15, 0.2) is 5.82 Å². The van der Waals surface area contributed by atoms with Gasteiger partial charge in [-0.15, -0.1) is 0 Å². The molecule has 0 aromatic carbocycles. The molecule has 0 saturated heterocycles. The first-order chi connectivity index (χ1) is 10.0. The van der Waals surface area contributed by atoms with E-state index in [9.17, 15) is 4.79 Å². The third-order valence-electron chi connectivity index (χ3n) is 3.20. The molecule has 0 aliphatic rings. The smallest absolute Gasteiger partial charge is 0.255 e. The highest BCUT2D eigenvalue weighted by Gasteiger charge is 2.21. The zero-order chi connectivity index (χ0) is 15.4. The lowest BCUT2D eigenvalue weighted by Gasteiger charge is -2.12. The zero-order valence-electron chi connectivity index (χ0n) is 12.9. The van der Waals surface area contributed by atoms with Crippen LogP contribution in [0.3, 0.4) is 0 Å². The van der Waals surface area contributed by atoms with Crippen molar-refractivity contribution in [3.05, 3.63) is 29.2 Å². The fraction of sp³-hybridized carbons (Fsp3) is 0.571. The predicted octanol–water partition coefficient (Wildman–Crippen LogP) is 2.17. The molecule has 0 radical (unpaired) electrons. The Morgan fingerprint density at radius 2 is 2.19 bits per heavy atom. The van der Waals surface area contributed by atoms with Crippen molar-refractivity contribution >= 4 is 5.91 Å². The molecule has 0 aliphatic heterocycles. The lowest BCUT2D eigenvalue weighted by molar-refractivity contribution is 0.0926. The van der Waals surface area contributed by atoms with Gasteiger partial charge in [-0.1, -0.05) is 19.0 Å². The van der Waals surface area contributed by atoms with Gasteiger partial charge in [-0.05, 0) is 26.7 Å². The zero-order valence-corrected chi connectivity index (χ0v) is 12.9. The molecule has 0 unspecified atom stereocenters. The summed E-state index contributed by atoms with van der Waals surface area (Å²) in [6, 6.07) is -0.285. The highest BCUT2D eigenvalue weighted by Crippen LogP contribution is 2.16. The van der Waals surface area contributed by atoms with Gasteiger partial charge in [0.2, 0.25) is 5.89 Å². The standard InChI is InChI=1S/C14H21N5O2/c1-5-7-19-8-11(9(3)17-19)13(20)16-12(6-2)14-15-10(4)18-21-14/h8,12H,5-7H2,1-4H3,(H,16,20)/t12-/m1/s1. The van der Waals surface area contributed by atoms with E-state index in [1.807, 2.05) is 13.8 Å². The Balaban J connectivity index is 2.12. The summed E-state index contributed by atoms with van der Waals surface area (Å²) in [5.41, 5.74) is 1.30. The summed E-state index contributed by atoms with van der Waals surface area (Å²) < 4.78 is 6.93. The second kappa shape index (κ2) is 6.51. The lowest BCUT2D eigenvalue weighted by Crippen LogP contribution is -2.28. The van der Waals surface area contributed by atoms with Crippen LogP contribution in [0, 0.1) is 13.8 Å². The average molecular weight is 291 g/mol. The van der Waals surface area contributed by atoms with Gasteiger partial charge in [0.05, 0.1) is 11.3 Å². The van der Waals surface area contributed by atoms with Gasteiger partial charge in [-0.25, -0.2) is 0 Å². The number of hydrogen-bond donors (Lipinski definition) is 1. The van der Waals surface area contributed by atoms with E-state index in [1.165, 1.54) is 0 Å². The van der Waals surface area contributed by atoms with Gasteiger partial charge < -0.3 is 9.84 Å². The van der Waals surface area contributed by atoms with Gasteiger partial charge in [0.25, 0.3) is 5.91 Å². The molecule has 2 aromatic rings. The van der Waals surface area contributed by atoms with Gasteiger partial charge >= 0.3 is 0 Å². The van der Waals surface area contributed by atoms with E-state index in [0.717, 1.165) is 18.7 Å². The third-order valence-corrected chi connectivity index (χ3v) is 3.20. The summed E-state index contributed by atoms with van der Waals surface area (Å²) in [6.45, 7) is 8.41. The maximum atomic E-state index is 12.4. The van der Waals surface area contributed by atoms with Crippen LogP contribution in [-0.2, 0) is 6.54 Å². The molecule has 114 valence electrons. The number of carbonyl (C=O) groups excluding carboxylic acids is 1. The molecule has 2 aromatic heterocycles. The monoisotopic (exact) mass is 291 g/mol. The summed E-state index contributed by atoms with van der Waals surface area (Å²) in [7, 11) is 0. The molecular weight excluding hydrogens is 270 g/mol. The molecule has 0 bridgehead atoms. The second-order valence-electron chi connectivity index (χ2n) is 5.01. The number of aromatic nitrogens is 4. The number of nitrogens with one attached hydrogen (secondary N) is 1. The van der Waals surface area contributed by atoms with Crippen LogP contribution < -0.4 is 5.32 Å². The quantitative estimate of drug-likeness (QED) is 0.881. The SMILES string of the molecule is CCCn1cc(C(=O)N[C@H](CC)c2nc(C)no2)c(C)n1. The largest absolute Gasteiger partial charge is 0.340 e. The molecule has 1 amide bonds. The first-order valence-electron chi connectivity index (χ1n) is 7.20. The van der Waals surface area contributed by atoms with Crippen LogP contribution in [0.2, 0.25) is 0 Å². The molecule has 2 rings (SSSR count). The number of carbonyl (C=O) groups is 1. The van der Waals surface area contributed by atoms with Gasteiger partial charge in [0, 0.05) is 12.7 Å². The predicted molar refractivity (Wildman–Crippen MR) is 76.8 cm³/mol. The van der Waals surface area contributed by atoms with Crippen LogP contribution in [-0.4, -0.2) is 25.8 Å². The summed E-state index contributed by atoms with van der Waals surface area (Å²) in [5.74, 6) is 0.823. The Bertz CT molecular complexity index is 617. The number of nitrogens with zero attached hydrogens (tertiary/aromatic N) is 4. The second-order valence-corrected chi connectivity index (χ2v) is 5.01. The highest BCUT2D eigenvalue weighted by molar-refractivity contribution is 5.95. The molecule has 2 heterocycles. The van der Waals surface area contributed by atoms with Crippen molar-refractivity contribution in [3.8, 4) is 0 Å². The first-order valence-corrected chi connectivity index (χ1v) is 7.20. The Hall–Kier alpha value is -2.18. The molecule has 7 heteroatoms. The minimum Gasteiger partial charge on any atom is -0.340 e. The van der Waals surface area contributed by atoms with Gasteiger partial charge in [-0.3, -0.25) is 9.48 Å². The normalized spacial score (nSPS) is 12.4.